The van der Waals surface area contributed by atoms with Crippen molar-refractivity contribution >= 4 is 23.5 Å². The lowest BCUT2D eigenvalue weighted by Gasteiger charge is -2.32. The van der Waals surface area contributed by atoms with Gasteiger partial charge in [0.05, 0.1) is 6.20 Å². The number of hydrogen-bond donors (Lipinski definition) is 1. The fourth-order valence-corrected chi connectivity index (χ4v) is 3.69. The highest BCUT2D eigenvalue weighted by atomic mass is 19.1. The molecule has 0 bridgehead atoms. The molecule has 0 radical (unpaired) electrons. The second kappa shape index (κ2) is 11.1. The monoisotopic (exact) mass is 456 g/mol. The van der Waals surface area contributed by atoms with E-state index in [1.807, 2.05) is 18.0 Å². The van der Waals surface area contributed by atoms with Crippen LogP contribution in [-0.4, -0.2) is 77.5 Å². The number of likely N-dealkylation sites (N-methyl/N-ethyl adjacent to an activating group) is 1. The second-order valence-electron chi connectivity index (χ2n) is 8.37. The average molecular weight is 457 g/mol. The predicted molar refractivity (Wildman–Crippen MR) is 128 cm³/mol. The third-order valence-electron chi connectivity index (χ3n) is 6.08. The summed E-state index contributed by atoms with van der Waals surface area (Å²) < 4.78 is 14.9. The van der Waals surface area contributed by atoms with Crippen LogP contribution in [0.1, 0.15) is 30.3 Å². The molecule has 1 aromatic carbocycles. The van der Waals surface area contributed by atoms with Gasteiger partial charge in [-0.3, -0.25) is 9.59 Å². The molecule has 1 aliphatic heterocycles. The van der Waals surface area contributed by atoms with Crippen LogP contribution in [0.15, 0.2) is 42.6 Å². The van der Waals surface area contributed by atoms with Gasteiger partial charge in [0.15, 0.2) is 0 Å². The first kappa shape index (κ1) is 24.4. The van der Waals surface area contributed by atoms with Crippen LogP contribution in [-0.2, 0) is 11.8 Å². The van der Waals surface area contributed by atoms with Gasteiger partial charge in [-0.1, -0.05) is 13.0 Å². The Morgan fingerprint density at radius 2 is 1.88 bits per heavy atom. The molecule has 0 spiro atoms. The van der Waals surface area contributed by atoms with Crippen molar-refractivity contribution in [3.05, 3.63) is 54.1 Å². The number of amides is 2. The number of hydrogen-bond acceptors (Lipinski definition) is 5. The number of nitrogens with one attached hydrogen (secondary N) is 1. The van der Waals surface area contributed by atoms with E-state index in [-0.39, 0.29) is 23.7 Å². The zero-order valence-corrected chi connectivity index (χ0v) is 19.8. The molecule has 1 aliphatic rings. The Bertz CT molecular complexity index is 979. The van der Waals surface area contributed by atoms with Crippen LogP contribution in [0.5, 0.6) is 0 Å². The molecule has 0 unspecified atom stereocenters. The van der Waals surface area contributed by atoms with E-state index in [9.17, 15) is 14.0 Å². The molecule has 2 aromatic rings. The lowest BCUT2D eigenvalue weighted by molar-refractivity contribution is -0.126. The maximum Gasteiger partial charge on any atom is 0.276 e. The van der Waals surface area contributed by atoms with E-state index < -0.39 is 0 Å². The maximum absolute atomic E-state index is 13.2. The SMILES string of the molecule is CCN(C)C/C=C/C(=O)N1CCC(Nc2ncc(C(=O)N(C)c3ccc(F)cc3)n2C)CC1. The van der Waals surface area contributed by atoms with Crippen LogP contribution < -0.4 is 10.2 Å². The molecule has 1 aromatic heterocycles. The van der Waals surface area contributed by atoms with Crippen LogP contribution >= 0.6 is 0 Å². The number of carbonyl (C=O) groups excluding carboxylic acids is 2. The number of rotatable bonds is 8. The van der Waals surface area contributed by atoms with Gasteiger partial charge in [0, 0.05) is 51.5 Å². The van der Waals surface area contributed by atoms with Gasteiger partial charge < -0.3 is 24.6 Å². The number of anilines is 2. The molecule has 3 rings (SSSR count). The highest BCUT2D eigenvalue weighted by Crippen LogP contribution is 2.20. The van der Waals surface area contributed by atoms with E-state index >= 15 is 0 Å². The molecule has 0 saturated carbocycles. The zero-order chi connectivity index (χ0) is 24.0. The first-order chi connectivity index (χ1) is 15.8. The number of nitrogens with zero attached hydrogens (tertiary/aromatic N) is 5. The highest BCUT2D eigenvalue weighted by Gasteiger charge is 2.24. The van der Waals surface area contributed by atoms with Gasteiger partial charge in [0.2, 0.25) is 11.9 Å². The summed E-state index contributed by atoms with van der Waals surface area (Å²) in [4.78, 5) is 35.1. The summed E-state index contributed by atoms with van der Waals surface area (Å²) in [6.45, 7) is 5.13. The van der Waals surface area contributed by atoms with Gasteiger partial charge in [-0.05, 0) is 50.7 Å². The molecule has 1 N–H and O–H groups in total. The zero-order valence-electron chi connectivity index (χ0n) is 19.8. The summed E-state index contributed by atoms with van der Waals surface area (Å²) in [6, 6.07) is 5.95. The second-order valence-corrected chi connectivity index (χ2v) is 8.37. The number of halogens is 1. The Kier molecular flexibility index (Phi) is 8.21. The molecular weight excluding hydrogens is 423 g/mol. The quantitative estimate of drug-likeness (QED) is 0.619. The standard InChI is InChI=1S/C24H33FN6O2/c1-5-28(2)14-6-7-22(32)31-15-12-19(13-16-31)27-24-26-17-21(30(24)4)23(33)29(3)20-10-8-18(25)9-11-20/h6-11,17,19H,5,12-16H2,1-4H3,(H,26,27)/b7-6+. The third-order valence-corrected chi connectivity index (χ3v) is 6.08. The summed E-state index contributed by atoms with van der Waals surface area (Å²) in [5.74, 6) is 0.0786. The van der Waals surface area contributed by atoms with Gasteiger partial charge in [-0.15, -0.1) is 0 Å². The van der Waals surface area contributed by atoms with E-state index in [0.717, 1.165) is 25.9 Å². The van der Waals surface area contributed by atoms with Gasteiger partial charge in [-0.25, -0.2) is 9.37 Å². The molecule has 1 fully saturated rings. The number of imidazole rings is 1. The first-order valence-corrected chi connectivity index (χ1v) is 11.3. The van der Waals surface area contributed by atoms with Crippen molar-refractivity contribution in [1.82, 2.24) is 19.4 Å². The largest absolute Gasteiger partial charge is 0.353 e. The minimum atomic E-state index is -0.348. The number of likely N-dealkylation sites (tertiary alicyclic amines) is 1. The van der Waals surface area contributed by atoms with Crippen molar-refractivity contribution in [2.24, 2.45) is 7.05 Å². The lowest BCUT2D eigenvalue weighted by Crippen LogP contribution is -2.42. The van der Waals surface area contributed by atoms with Gasteiger partial charge >= 0.3 is 0 Å². The van der Waals surface area contributed by atoms with Gasteiger partial charge in [-0.2, -0.15) is 0 Å². The number of benzene rings is 1. The molecule has 0 aliphatic carbocycles. The van der Waals surface area contributed by atoms with E-state index in [2.05, 4.69) is 22.1 Å². The van der Waals surface area contributed by atoms with Crippen LogP contribution in [0.25, 0.3) is 0 Å². The minimum Gasteiger partial charge on any atom is -0.353 e. The maximum atomic E-state index is 13.2. The lowest BCUT2D eigenvalue weighted by atomic mass is 10.1. The molecular formula is C24H33FN6O2. The van der Waals surface area contributed by atoms with Crippen molar-refractivity contribution < 1.29 is 14.0 Å². The normalized spacial score (nSPS) is 14.8. The topological polar surface area (TPSA) is 73.7 Å². The molecule has 0 atom stereocenters. The fourth-order valence-electron chi connectivity index (χ4n) is 3.69. The summed E-state index contributed by atoms with van der Waals surface area (Å²) in [5, 5.41) is 3.40. The molecule has 33 heavy (non-hydrogen) atoms. The van der Waals surface area contributed by atoms with Crippen molar-refractivity contribution in [3.8, 4) is 0 Å². The van der Waals surface area contributed by atoms with Gasteiger partial charge in [0.25, 0.3) is 5.91 Å². The number of carbonyl (C=O) groups is 2. The molecule has 1 saturated heterocycles. The molecule has 2 heterocycles. The predicted octanol–water partition coefficient (Wildman–Crippen LogP) is 2.75. The Balaban J connectivity index is 1.54. The first-order valence-electron chi connectivity index (χ1n) is 11.3. The summed E-state index contributed by atoms with van der Waals surface area (Å²) in [6.07, 6.45) is 6.72. The number of piperidine rings is 1. The van der Waals surface area contributed by atoms with Crippen molar-refractivity contribution in [3.63, 3.8) is 0 Å². The number of aromatic nitrogens is 2. The van der Waals surface area contributed by atoms with Crippen molar-refractivity contribution in [1.29, 1.82) is 0 Å². The van der Waals surface area contributed by atoms with E-state index in [1.165, 1.54) is 17.0 Å². The molecule has 8 nitrogen and oxygen atoms in total. The van der Waals surface area contributed by atoms with Gasteiger partial charge in [0.1, 0.15) is 11.5 Å². The smallest absolute Gasteiger partial charge is 0.276 e. The molecule has 2 amide bonds. The van der Waals surface area contributed by atoms with Crippen LogP contribution in [0.2, 0.25) is 0 Å². The molecule has 178 valence electrons. The molecule has 9 heteroatoms. The summed E-state index contributed by atoms with van der Waals surface area (Å²) >= 11 is 0. The van der Waals surface area contributed by atoms with Crippen LogP contribution in [0, 0.1) is 5.82 Å². The summed E-state index contributed by atoms with van der Waals surface area (Å²) in [7, 11) is 5.46. The fraction of sp³-hybridized carbons (Fsp3) is 0.458. The Labute approximate surface area is 194 Å². The van der Waals surface area contributed by atoms with Crippen LogP contribution in [0.3, 0.4) is 0 Å². The van der Waals surface area contributed by atoms with E-state index in [4.69, 9.17) is 0 Å². The van der Waals surface area contributed by atoms with E-state index in [1.54, 1.807) is 43.1 Å². The Hall–Kier alpha value is -3.20. The minimum absolute atomic E-state index is 0.0478. The van der Waals surface area contributed by atoms with E-state index in [0.29, 0.717) is 30.4 Å². The average Bonchev–Trinajstić information content (AvgIpc) is 3.18. The third kappa shape index (κ3) is 6.19. The van der Waals surface area contributed by atoms with Crippen LogP contribution in [0.4, 0.5) is 16.0 Å². The highest BCUT2D eigenvalue weighted by molar-refractivity contribution is 6.04. The Morgan fingerprint density at radius 1 is 1.21 bits per heavy atom. The van der Waals surface area contributed by atoms with Crippen molar-refractivity contribution in [2.45, 2.75) is 25.8 Å². The van der Waals surface area contributed by atoms with Crippen molar-refractivity contribution in [2.75, 3.05) is 50.5 Å². The Morgan fingerprint density at radius 3 is 2.52 bits per heavy atom. The summed E-state index contributed by atoms with van der Waals surface area (Å²) in [5.41, 5.74) is 1.03.